The first-order chi connectivity index (χ1) is 6.70. The molecule has 1 aromatic rings. The fourth-order valence-corrected chi connectivity index (χ4v) is 2.95. The van der Waals surface area contributed by atoms with E-state index in [1.54, 1.807) is 0 Å². The Hall–Kier alpha value is 0.330. The molecule has 0 saturated carbocycles. The number of rotatable bonds is 4. The third-order valence-corrected chi connectivity index (χ3v) is 3.78. The monoisotopic (exact) mass is 382 g/mol. The lowest BCUT2D eigenvalue weighted by Crippen LogP contribution is -2.01. The van der Waals surface area contributed by atoms with Crippen molar-refractivity contribution in [3.8, 4) is 0 Å². The molecule has 1 rings (SSSR count). The summed E-state index contributed by atoms with van der Waals surface area (Å²) in [5.74, 6) is 0.163. The Labute approximate surface area is 109 Å². The zero-order valence-electron chi connectivity index (χ0n) is 7.40. The van der Waals surface area contributed by atoms with Crippen LogP contribution >= 0.6 is 47.8 Å². The number of Topliss-reactive ketones (excluding diaryl/α,β-unsaturated/α-hetero) is 1. The number of ketones is 1. The van der Waals surface area contributed by atoms with Crippen molar-refractivity contribution in [2.45, 2.75) is 11.8 Å². The Bertz CT molecular complexity index is 336. The van der Waals surface area contributed by atoms with E-state index in [0.29, 0.717) is 11.8 Å². The first kappa shape index (κ1) is 12.4. The molecule has 0 radical (unpaired) electrons. The molecule has 0 aliphatic rings. The highest BCUT2D eigenvalue weighted by atomic mass is 79.9. The lowest BCUT2D eigenvalue weighted by atomic mass is 10.1. The van der Waals surface area contributed by atoms with Crippen LogP contribution in [0.25, 0.3) is 0 Å². The largest absolute Gasteiger partial charge is 0.294 e. The highest BCUT2D eigenvalue weighted by Gasteiger charge is 2.11. The van der Waals surface area contributed by atoms with Gasteiger partial charge >= 0.3 is 0 Å². The van der Waals surface area contributed by atoms with Crippen molar-refractivity contribution in [3.05, 3.63) is 33.8 Å². The second-order valence-electron chi connectivity index (χ2n) is 2.77. The first-order valence-electron chi connectivity index (χ1n) is 4.13. The van der Waals surface area contributed by atoms with Gasteiger partial charge in [0.1, 0.15) is 0 Å². The summed E-state index contributed by atoms with van der Waals surface area (Å²) in [6.45, 7) is 0. The van der Waals surface area contributed by atoms with Gasteiger partial charge in [-0.1, -0.05) is 50.1 Å². The lowest BCUT2D eigenvalue weighted by molar-refractivity contribution is 0.0989. The standard InChI is InChI=1S/C10H9Br3O/c11-5-4-9(14)8-3-1-2-7(6-12)10(8)13/h1-3H,4-6H2. The minimum absolute atomic E-state index is 0.163. The Balaban J connectivity index is 3.03. The second-order valence-corrected chi connectivity index (χ2v) is 4.92. The molecule has 76 valence electrons. The summed E-state index contributed by atoms with van der Waals surface area (Å²) in [4.78, 5) is 11.7. The minimum atomic E-state index is 0.163. The van der Waals surface area contributed by atoms with Crippen molar-refractivity contribution >= 4 is 53.6 Å². The highest BCUT2D eigenvalue weighted by Crippen LogP contribution is 2.24. The number of hydrogen-bond donors (Lipinski definition) is 0. The topological polar surface area (TPSA) is 17.1 Å². The molecule has 0 fully saturated rings. The summed E-state index contributed by atoms with van der Waals surface area (Å²) in [5, 5.41) is 1.46. The minimum Gasteiger partial charge on any atom is -0.294 e. The molecule has 0 atom stereocenters. The van der Waals surface area contributed by atoms with Gasteiger partial charge in [-0.25, -0.2) is 0 Å². The Morgan fingerprint density at radius 3 is 2.57 bits per heavy atom. The van der Waals surface area contributed by atoms with Crippen LogP contribution in [0.2, 0.25) is 0 Å². The van der Waals surface area contributed by atoms with E-state index in [-0.39, 0.29) is 5.78 Å². The van der Waals surface area contributed by atoms with Crippen LogP contribution in [0.15, 0.2) is 22.7 Å². The molecular formula is C10H9Br3O. The summed E-state index contributed by atoms with van der Waals surface area (Å²) < 4.78 is 0.905. The van der Waals surface area contributed by atoms with Gasteiger partial charge in [-0.3, -0.25) is 4.79 Å². The van der Waals surface area contributed by atoms with Gasteiger partial charge in [-0.15, -0.1) is 0 Å². The molecule has 0 spiro atoms. The summed E-state index contributed by atoms with van der Waals surface area (Å²) in [7, 11) is 0. The van der Waals surface area contributed by atoms with Crippen molar-refractivity contribution in [2.75, 3.05) is 5.33 Å². The number of carbonyl (C=O) groups excluding carboxylic acids is 1. The summed E-state index contributed by atoms with van der Waals surface area (Å²) in [6.07, 6.45) is 0.532. The molecule has 14 heavy (non-hydrogen) atoms. The zero-order valence-corrected chi connectivity index (χ0v) is 12.2. The van der Waals surface area contributed by atoms with Gasteiger partial charge in [0.25, 0.3) is 0 Å². The molecule has 0 N–H and O–H groups in total. The SMILES string of the molecule is O=C(CCBr)c1cccc(CBr)c1Br. The van der Waals surface area contributed by atoms with Crippen LogP contribution in [0.4, 0.5) is 0 Å². The maximum absolute atomic E-state index is 11.7. The third kappa shape index (κ3) is 2.91. The van der Waals surface area contributed by atoms with Gasteiger partial charge in [0.05, 0.1) is 0 Å². The summed E-state index contributed by atoms with van der Waals surface area (Å²) in [6, 6.07) is 5.74. The summed E-state index contributed by atoms with van der Waals surface area (Å²) in [5.41, 5.74) is 1.87. The molecule has 0 aliphatic carbocycles. The predicted octanol–water partition coefficient (Wildman–Crippen LogP) is 4.31. The van der Waals surface area contributed by atoms with Crippen LogP contribution in [0.3, 0.4) is 0 Å². The number of benzene rings is 1. The van der Waals surface area contributed by atoms with Crippen LogP contribution in [0.1, 0.15) is 22.3 Å². The molecular weight excluding hydrogens is 376 g/mol. The van der Waals surface area contributed by atoms with Gasteiger partial charge in [-0.05, 0) is 21.5 Å². The number of hydrogen-bond acceptors (Lipinski definition) is 1. The van der Waals surface area contributed by atoms with Crippen molar-refractivity contribution in [2.24, 2.45) is 0 Å². The van der Waals surface area contributed by atoms with Crippen molar-refractivity contribution < 1.29 is 4.79 Å². The van der Waals surface area contributed by atoms with Crippen molar-refractivity contribution in [1.29, 1.82) is 0 Å². The fourth-order valence-electron chi connectivity index (χ4n) is 1.12. The molecule has 0 aromatic heterocycles. The van der Waals surface area contributed by atoms with Crippen LogP contribution in [0.5, 0.6) is 0 Å². The van der Waals surface area contributed by atoms with Gasteiger partial charge in [0.15, 0.2) is 5.78 Å². The van der Waals surface area contributed by atoms with E-state index in [0.717, 1.165) is 20.9 Å². The van der Waals surface area contributed by atoms with Crippen LogP contribution in [-0.4, -0.2) is 11.1 Å². The first-order valence-corrected chi connectivity index (χ1v) is 7.16. The molecule has 0 saturated heterocycles. The van der Waals surface area contributed by atoms with E-state index in [1.807, 2.05) is 18.2 Å². The molecule has 0 amide bonds. The van der Waals surface area contributed by atoms with Crippen LogP contribution in [0, 0.1) is 0 Å². The molecule has 4 heteroatoms. The lowest BCUT2D eigenvalue weighted by Gasteiger charge is -2.06. The second kappa shape index (κ2) is 6.03. The highest BCUT2D eigenvalue weighted by molar-refractivity contribution is 9.11. The number of carbonyl (C=O) groups is 1. The van der Waals surface area contributed by atoms with Crippen LogP contribution < -0.4 is 0 Å². The molecule has 0 heterocycles. The number of halogens is 3. The average molecular weight is 385 g/mol. The predicted molar refractivity (Wildman–Crippen MR) is 69.5 cm³/mol. The van der Waals surface area contributed by atoms with Gasteiger partial charge < -0.3 is 0 Å². The van der Waals surface area contributed by atoms with E-state index < -0.39 is 0 Å². The zero-order chi connectivity index (χ0) is 10.6. The smallest absolute Gasteiger partial charge is 0.164 e. The average Bonchev–Trinajstić information content (AvgIpc) is 2.18. The molecule has 0 bridgehead atoms. The van der Waals surface area contributed by atoms with Crippen LogP contribution in [-0.2, 0) is 5.33 Å². The van der Waals surface area contributed by atoms with E-state index in [2.05, 4.69) is 47.8 Å². The Morgan fingerprint density at radius 2 is 2.00 bits per heavy atom. The maximum atomic E-state index is 11.7. The summed E-state index contributed by atoms with van der Waals surface area (Å²) >= 11 is 10.1. The molecule has 1 aromatic carbocycles. The maximum Gasteiger partial charge on any atom is 0.164 e. The van der Waals surface area contributed by atoms with Gasteiger partial charge in [-0.2, -0.15) is 0 Å². The van der Waals surface area contributed by atoms with Gasteiger partial charge in [0, 0.05) is 27.1 Å². The normalized spacial score (nSPS) is 10.2. The van der Waals surface area contributed by atoms with Crippen molar-refractivity contribution in [3.63, 3.8) is 0 Å². The third-order valence-electron chi connectivity index (χ3n) is 1.84. The number of alkyl halides is 2. The van der Waals surface area contributed by atoms with E-state index in [9.17, 15) is 4.79 Å². The Morgan fingerprint density at radius 1 is 1.29 bits per heavy atom. The van der Waals surface area contributed by atoms with Gasteiger partial charge in [0.2, 0.25) is 0 Å². The molecule has 0 unspecified atom stereocenters. The molecule has 0 aliphatic heterocycles. The Kier molecular flexibility index (Phi) is 5.34. The quantitative estimate of drug-likeness (QED) is 0.558. The van der Waals surface area contributed by atoms with E-state index in [1.165, 1.54) is 0 Å². The van der Waals surface area contributed by atoms with Crippen molar-refractivity contribution in [1.82, 2.24) is 0 Å². The van der Waals surface area contributed by atoms with E-state index in [4.69, 9.17) is 0 Å². The molecule has 1 nitrogen and oxygen atoms in total. The fraction of sp³-hybridized carbons (Fsp3) is 0.300. The van der Waals surface area contributed by atoms with E-state index >= 15 is 0 Å².